The molecule has 0 spiro atoms. The van der Waals surface area contributed by atoms with Gasteiger partial charge in [0.1, 0.15) is 0 Å². The molecule has 0 bridgehead atoms. The topological polar surface area (TPSA) is 9.86 Å². The van der Waals surface area contributed by atoms with E-state index in [9.17, 15) is 0 Å². The van der Waals surface area contributed by atoms with E-state index in [-0.39, 0.29) is 5.41 Å². The Balaban J connectivity index is 1.09. The maximum atomic E-state index is 2.50. The van der Waals surface area contributed by atoms with Gasteiger partial charge in [-0.05, 0) is 111 Å². The molecule has 2 aromatic heterocycles. The third kappa shape index (κ3) is 4.65. The van der Waals surface area contributed by atoms with E-state index in [0.717, 1.165) is 5.69 Å². The molecule has 0 amide bonds. The van der Waals surface area contributed by atoms with E-state index in [1.165, 1.54) is 105 Å². The van der Waals surface area contributed by atoms with Crippen LogP contribution in [0.3, 0.4) is 0 Å². The molecule has 0 saturated carbocycles. The number of hydrogen-bond donors (Lipinski definition) is 0. The first-order valence-electron chi connectivity index (χ1n) is 19.9. The zero-order valence-corrected chi connectivity index (χ0v) is 31.9. The lowest BCUT2D eigenvalue weighted by atomic mass is 9.82. The summed E-state index contributed by atoms with van der Waals surface area (Å²) in [5, 5.41) is 7.56. The van der Waals surface area contributed by atoms with Crippen LogP contribution in [0.25, 0.3) is 99.1 Å². The molecule has 2 heteroatoms. The summed E-state index contributed by atoms with van der Waals surface area (Å²) in [6.07, 6.45) is 0. The van der Waals surface area contributed by atoms with E-state index >= 15 is 0 Å². The van der Waals surface area contributed by atoms with Gasteiger partial charge in [-0.2, -0.15) is 0 Å². The first-order chi connectivity index (χ1) is 28.0. The molecule has 0 atom stereocenters. The second-order valence-electron chi connectivity index (χ2n) is 16.2. The van der Waals surface area contributed by atoms with Crippen molar-refractivity contribution in [3.05, 3.63) is 205 Å². The summed E-state index contributed by atoms with van der Waals surface area (Å²) in [7, 11) is 0. The molecule has 0 fully saturated rings. The lowest BCUT2D eigenvalue weighted by Crippen LogP contribution is -2.14. The van der Waals surface area contributed by atoms with Crippen molar-refractivity contribution >= 4 is 54.4 Å². The van der Waals surface area contributed by atoms with Gasteiger partial charge < -0.3 is 9.13 Å². The number of benzene rings is 9. The van der Waals surface area contributed by atoms with Crippen LogP contribution in [-0.4, -0.2) is 9.13 Å². The molecule has 1 aliphatic rings. The van der Waals surface area contributed by atoms with Gasteiger partial charge in [0.2, 0.25) is 0 Å². The van der Waals surface area contributed by atoms with Crippen LogP contribution in [0.4, 0.5) is 0 Å². The normalized spacial score (nSPS) is 13.2. The first-order valence-corrected chi connectivity index (χ1v) is 19.9. The molecule has 12 rings (SSSR count). The number of hydrogen-bond acceptors (Lipinski definition) is 0. The Kier molecular flexibility index (Phi) is 6.72. The highest BCUT2D eigenvalue weighted by atomic mass is 15.0. The molecule has 0 N–H and O–H groups in total. The van der Waals surface area contributed by atoms with Crippen molar-refractivity contribution in [2.75, 3.05) is 0 Å². The molecular formula is C55H38N2. The number of fused-ring (bicyclic) bond motifs is 10. The van der Waals surface area contributed by atoms with E-state index in [2.05, 4.69) is 217 Å². The van der Waals surface area contributed by atoms with Crippen molar-refractivity contribution in [1.29, 1.82) is 0 Å². The Morgan fingerprint density at radius 3 is 1.77 bits per heavy atom. The summed E-state index contributed by atoms with van der Waals surface area (Å²) in [5.41, 5.74) is 17.5. The lowest BCUT2D eigenvalue weighted by molar-refractivity contribution is 0.661. The molecule has 57 heavy (non-hydrogen) atoms. The average molecular weight is 727 g/mol. The van der Waals surface area contributed by atoms with E-state index in [1.807, 2.05) is 0 Å². The Morgan fingerprint density at radius 1 is 0.333 bits per heavy atom. The Labute approximate surface area is 331 Å². The van der Waals surface area contributed by atoms with E-state index in [0.29, 0.717) is 0 Å². The largest absolute Gasteiger partial charge is 0.309 e. The van der Waals surface area contributed by atoms with Crippen molar-refractivity contribution in [2.24, 2.45) is 0 Å². The van der Waals surface area contributed by atoms with E-state index in [4.69, 9.17) is 0 Å². The lowest BCUT2D eigenvalue weighted by Gasteiger charge is -2.21. The van der Waals surface area contributed by atoms with Gasteiger partial charge in [-0.3, -0.25) is 0 Å². The fourth-order valence-corrected chi connectivity index (χ4v) is 9.94. The zero-order chi connectivity index (χ0) is 37.8. The van der Waals surface area contributed by atoms with Crippen LogP contribution in [-0.2, 0) is 5.41 Å². The van der Waals surface area contributed by atoms with Crippen molar-refractivity contribution < 1.29 is 0 Å². The predicted molar refractivity (Wildman–Crippen MR) is 241 cm³/mol. The maximum Gasteiger partial charge on any atom is 0.0547 e. The highest BCUT2D eigenvalue weighted by Crippen LogP contribution is 2.51. The summed E-state index contributed by atoms with van der Waals surface area (Å²) in [6, 6.07) is 71.9. The maximum absolute atomic E-state index is 2.50. The standard InChI is InChI=1S/C55H38N2/c1-55(2)48-23-10-8-21-42(48)44-34-54-47(33-49(44)55)46-32-39(26-28-52(46)56(54)40-19-12-18-37(30-40)35-14-4-3-5-15-35)38-27-29-53-45(31-38)43-22-9-11-24-51(43)57(53)50-25-13-17-36-16-6-7-20-41(36)50/h3-34H,1-2H3. The summed E-state index contributed by atoms with van der Waals surface area (Å²) in [5.74, 6) is 0. The Morgan fingerprint density at radius 2 is 0.930 bits per heavy atom. The minimum absolute atomic E-state index is 0.0945. The molecule has 1 aliphatic carbocycles. The summed E-state index contributed by atoms with van der Waals surface area (Å²) in [6.45, 7) is 4.75. The molecule has 2 nitrogen and oxygen atoms in total. The summed E-state index contributed by atoms with van der Waals surface area (Å²) in [4.78, 5) is 0. The minimum Gasteiger partial charge on any atom is -0.309 e. The highest BCUT2D eigenvalue weighted by molar-refractivity contribution is 6.14. The minimum atomic E-state index is -0.0945. The van der Waals surface area contributed by atoms with Gasteiger partial charge in [0.15, 0.2) is 0 Å². The average Bonchev–Trinajstić information content (AvgIpc) is 3.85. The Bertz CT molecular complexity index is 3420. The van der Waals surface area contributed by atoms with E-state index < -0.39 is 0 Å². The van der Waals surface area contributed by atoms with Gasteiger partial charge in [0, 0.05) is 38.0 Å². The fraction of sp³-hybridized carbons (Fsp3) is 0.0545. The second kappa shape index (κ2) is 11.9. The first kappa shape index (κ1) is 32.1. The molecule has 0 saturated heterocycles. The van der Waals surface area contributed by atoms with Crippen molar-refractivity contribution in [1.82, 2.24) is 9.13 Å². The third-order valence-corrected chi connectivity index (χ3v) is 12.7. The second-order valence-corrected chi connectivity index (χ2v) is 16.2. The van der Waals surface area contributed by atoms with Crippen molar-refractivity contribution in [3.8, 4) is 44.8 Å². The monoisotopic (exact) mass is 726 g/mol. The van der Waals surface area contributed by atoms with Crippen molar-refractivity contribution in [2.45, 2.75) is 19.3 Å². The smallest absolute Gasteiger partial charge is 0.0547 e. The van der Waals surface area contributed by atoms with E-state index in [1.54, 1.807) is 0 Å². The zero-order valence-electron chi connectivity index (χ0n) is 31.9. The molecule has 11 aromatic rings. The molecular weight excluding hydrogens is 689 g/mol. The molecule has 9 aromatic carbocycles. The van der Waals surface area contributed by atoms with Gasteiger partial charge in [-0.1, -0.05) is 147 Å². The highest BCUT2D eigenvalue weighted by Gasteiger charge is 2.36. The third-order valence-electron chi connectivity index (χ3n) is 12.7. The molecule has 0 unspecified atom stereocenters. The fourth-order valence-electron chi connectivity index (χ4n) is 9.94. The van der Waals surface area contributed by atoms with Gasteiger partial charge in [0.05, 0.1) is 27.8 Å². The van der Waals surface area contributed by atoms with Gasteiger partial charge in [-0.25, -0.2) is 0 Å². The quantitative estimate of drug-likeness (QED) is 0.171. The predicted octanol–water partition coefficient (Wildman–Crippen LogP) is 14.7. The van der Waals surface area contributed by atoms with Crippen LogP contribution < -0.4 is 0 Å². The van der Waals surface area contributed by atoms with Gasteiger partial charge >= 0.3 is 0 Å². The number of para-hydroxylation sites is 1. The van der Waals surface area contributed by atoms with Gasteiger partial charge in [0.25, 0.3) is 0 Å². The number of rotatable bonds is 4. The van der Waals surface area contributed by atoms with Crippen molar-refractivity contribution in [3.63, 3.8) is 0 Å². The number of aromatic nitrogens is 2. The van der Waals surface area contributed by atoms with Crippen LogP contribution >= 0.6 is 0 Å². The van der Waals surface area contributed by atoms with Gasteiger partial charge in [-0.15, -0.1) is 0 Å². The molecule has 0 aliphatic heterocycles. The SMILES string of the molecule is CC1(C)c2ccccc2-c2cc3c(cc21)c1cc(-c2ccc4c(c2)c2ccccc2n4-c2cccc4ccccc24)ccc1n3-c1cccc(-c2ccccc2)c1. The summed E-state index contributed by atoms with van der Waals surface area (Å²) >= 11 is 0. The molecule has 0 radical (unpaired) electrons. The number of nitrogens with zero attached hydrogens (tertiary/aromatic N) is 2. The molecule has 2 heterocycles. The van der Waals surface area contributed by atoms with Crippen LogP contribution in [0.5, 0.6) is 0 Å². The van der Waals surface area contributed by atoms with Crippen LogP contribution in [0.15, 0.2) is 194 Å². The molecule has 268 valence electrons. The van der Waals surface area contributed by atoms with Crippen LogP contribution in [0, 0.1) is 0 Å². The van der Waals surface area contributed by atoms with Crippen LogP contribution in [0.1, 0.15) is 25.0 Å². The van der Waals surface area contributed by atoms with Crippen LogP contribution in [0.2, 0.25) is 0 Å². The summed E-state index contributed by atoms with van der Waals surface area (Å²) < 4.78 is 4.92. The Hall–Kier alpha value is -7.16.